The van der Waals surface area contributed by atoms with Crippen LogP contribution in [0.3, 0.4) is 0 Å². The van der Waals surface area contributed by atoms with Crippen molar-refractivity contribution in [3.8, 4) is 5.75 Å². The van der Waals surface area contributed by atoms with E-state index < -0.39 is 0 Å². The monoisotopic (exact) mass is 250 g/mol. The van der Waals surface area contributed by atoms with Crippen molar-refractivity contribution in [2.45, 2.75) is 20.1 Å². The molecular formula is C15H15NaO2. The van der Waals surface area contributed by atoms with Crippen LogP contribution in [0.25, 0.3) is 0 Å². The van der Waals surface area contributed by atoms with Crippen molar-refractivity contribution >= 4 is 0 Å². The van der Waals surface area contributed by atoms with E-state index in [4.69, 9.17) is 4.74 Å². The summed E-state index contributed by atoms with van der Waals surface area (Å²) in [6.45, 7) is 2.43. The van der Waals surface area contributed by atoms with Crippen molar-refractivity contribution in [2.75, 3.05) is 0 Å². The van der Waals surface area contributed by atoms with Gasteiger partial charge in [-0.25, -0.2) is 0 Å². The van der Waals surface area contributed by atoms with E-state index in [1.807, 2.05) is 12.1 Å². The summed E-state index contributed by atoms with van der Waals surface area (Å²) in [6, 6.07) is 15.5. The number of ether oxygens (including phenoxy) is 1. The van der Waals surface area contributed by atoms with Crippen LogP contribution >= 0.6 is 0 Å². The van der Waals surface area contributed by atoms with Gasteiger partial charge in [0.15, 0.2) is 0 Å². The molecule has 3 heteroatoms. The summed E-state index contributed by atoms with van der Waals surface area (Å²) < 4.78 is 5.63. The molecule has 0 spiro atoms. The van der Waals surface area contributed by atoms with E-state index in [0.717, 1.165) is 16.9 Å². The Balaban J connectivity index is 0.00000162. The molecule has 2 nitrogen and oxygen atoms in total. The van der Waals surface area contributed by atoms with Crippen molar-refractivity contribution < 1.29 is 39.4 Å². The Hall–Kier alpha value is -0.800. The molecule has 0 amide bonds. The minimum atomic E-state index is -0.182. The first-order chi connectivity index (χ1) is 8.28. The van der Waals surface area contributed by atoms with Crippen LogP contribution in [0.2, 0.25) is 0 Å². The third kappa shape index (κ3) is 4.46. The normalized spacial score (nSPS) is 9.67. The molecule has 0 bridgehead atoms. The van der Waals surface area contributed by atoms with E-state index in [1.54, 1.807) is 12.1 Å². The maximum atomic E-state index is 10.6. The first kappa shape index (κ1) is 15.3. The summed E-state index contributed by atoms with van der Waals surface area (Å²) >= 11 is 0. The number of rotatable bonds is 4. The molecule has 0 atom stereocenters. The van der Waals surface area contributed by atoms with Gasteiger partial charge < -0.3 is 9.84 Å². The van der Waals surface area contributed by atoms with Crippen LogP contribution < -0.4 is 39.4 Å². The van der Waals surface area contributed by atoms with Crippen molar-refractivity contribution in [1.82, 2.24) is 0 Å². The summed E-state index contributed by atoms with van der Waals surface area (Å²) in [5.74, 6) is 0.794. The largest absolute Gasteiger partial charge is 1.00 e. The van der Waals surface area contributed by atoms with Crippen molar-refractivity contribution in [3.05, 3.63) is 65.2 Å². The van der Waals surface area contributed by atoms with Gasteiger partial charge >= 0.3 is 29.6 Å². The fourth-order valence-electron chi connectivity index (χ4n) is 1.53. The Morgan fingerprint density at radius 1 is 0.889 bits per heavy atom. The van der Waals surface area contributed by atoms with Crippen LogP contribution in [-0.2, 0) is 13.2 Å². The van der Waals surface area contributed by atoms with Crippen molar-refractivity contribution in [2.24, 2.45) is 0 Å². The molecule has 2 aromatic rings. The van der Waals surface area contributed by atoms with Crippen molar-refractivity contribution in [3.63, 3.8) is 0 Å². The average Bonchev–Trinajstić information content (AvgIpc) is 2.39. The molecule has 0 fully saturated rings. The van der Waals surface area contributed by atoms with Crippen LogP contribution in [0.15, 0.2) is 48.5 Å². The zero-order valence-corrected chi connectivity index (χ0v) is 12.8. The standard InChI is InChI=1S/C15H15O2.Na/c1-12-2-4-14(5-3-12)11-17-15-8-6-13(10-16)7-9-15;/h2-9H,10-11H2,1H3;/q-1;+1. The van der Waals surface area contributed by atoms with Crippen LogP contribution in [0.1, 0.15) is 16.7 Å². The quantitative estimate of drug-likeness (QED) is 0.681. The Labute approximate surface area is 130 Å². The van der Waals surface area contributed by atoms with E-state index in [2.05, 4.69) is 31.2 Å². The van der Waals surface area contributed by atoms with Crippen LogP contribution in [0.4, 0.5) is 0 Å². The van der Waals surface area contributed by atoms with Gasteiger partial charge in [-0.15, -0.1) is 6.61 Å². The van der Waals surface area contributed by atoms with E-state index in [1.165, 1.54) is 5.56 Å². The van der Waals surface area contributed by atoms with E-state index >= 15 is 0 Å². The molecule has 0 aliphatic heterocycles. The fraction of sp³-hybridized carbons (Fsp3) is 0.200. The van der Waals surface area contributed by atoms with E-state index in [9.17, 15) is 5.11 Å². The van der Waals surface area contributed by atoms with E-state index in [-0.39, 0.29) is 36.2 Å². The van der Waals surface area contributed by atoms with Gasteiger partial charge in [-0.05, 0) is 24.6 Å². The van der Waals surface area contributed by atoms with Gasteiger partial charge in [-0.1, -0.05) is 47.5 Å². The molecule has 0 saturated heterocycles. The SMILES string of the molecule is Cc1ccc(COc2ccc(C[O-])cc2)cc1.[Na+]. The second-order valence-electron chi connectivity index (χ2n) is 4.06. The maximum absolute atomic E-state index is 10.6. The molecule has 0 saturated carbocycles. The number of benzene rings is 2. The average molecular weight is 250 g/mol. The van der Waals surface area contributed by atoms with Gasteiger partial charge in [0, 0.05) is 0 Å². The third-order valence-corrected chi connectivity index (χ3v) is 2.62. The van der Waals surface area contributed by atoms with Crippen molar-refractivity contribution in [1.29, 1.82) is 0 Å². The number of hydrogen-bond donors (Lipinski definition) is 0. The van der Waals surface area contributed by atoms with Crippen LogP contribution in [-0.4, -0.2) is 0 Å². The first-order valence-corrected chi connectivity index (χ1v) is 5.63. The van der Waals surface area contributed by atoms with Gasteiger partial charge in [0.1, 0.15) is 12.4 Å². The zero-order chi connectivity index (χ0) is 12.1. The molecule has 2 aromatic carbocycles. The van der Waals surface area contributed by atoms with Gasteiger partial charge in [0.2, 0.25) is 0 Å². The summed E-state index contributed by atoms with van der Waals surface area (Å²) in [5.41, 5.74) is 3.17. The molecule has 0 N–H and O–H groups in total. The molecule has 18 heavy (non-hydrogen) atoms. The molecular weight excluding hydrogens is 235 g/mol. The zero-order valence-electron chi connectivity index (χ0n) is 10.8. The van der Waals surface area contributed by atoms with Gasteiger partial charge in [0.05, 0.1) is 0 Å². The van der Waals surface area contributed by atoms with Gasteiger partial charge in [-0.3, -0.25) is 0 Å². The van der Waals surface area contributed by atoms with Gasteiger partial charge in [0.25, 0.3) is 0 Å². The summed E-state index contributed by atoms with van der Waals surface area (Å²) in [7, 11) is 0. The smallest absolute Gasteiger partial charge is 0.851 e. The Bertz CT molecular complexity index is 463. The maximum Gasteiger partial charge on any atom is 1.00 e. The molecule has 2 rings (SSSR count). The van der Waals surface area contributed by atoms with Crippen LogP contribution in [0.5, 0.6) is 5.75 Å². The molecule has 0 aliphatic carbocycles. The van der Waals surface area contributed by atoms with Gasteiger partial charge in [-0.2, -0.15) is 0 Å². The molecule has 0 radical (unpaired) electrons. The fourth-order valence-corrected chi connectivity index (χ4v) is 1.53. The third-order valence-electron chi connectivity index (χ3n) is 2.62. The summed E-state index contributed by atoms with van der Waals surface area (Å²) in [4.78, 5) is 0. The number of hydrogen-bond acceptors (Lipinski definition) is 2. The number of aryl methyl sites for hydroxylation is 1. The Morgan fingerprint density at radius 3 is 2.00 bits per heavy atom. The van der Waals surface area contributed by atoms with E-state index in [0.29, 0.717) is 6.61 Å². The minimum Gasteiger partial charge on any atom is -0.851 e. The summed E-state index contributed by atoms with van der Waals surface area (Å²) in [6.07, 6.45) is 0. The molecule has 88 valence electrons. The second-order valence-corrected chi connectivity index (χ2v) is 4.06. The topological polar surface area (TPSA) is 32.3 Å². The second kappa shape index (κ2) is 7.59. The summed E-state index contributed by atoms with van der Waals surface area (Å²) in [5, 5.41) is 10.6. The molecule has 0 unspecified atom stereocenters. The predicted octanol–water partition coefficient (Wildman–Crippen LogP) is -0.562. The Kier molecular flexibility index (Phi) is 6.44. The molecule has 0 aliphatic rings. The first-order valence-electron chi connectivity index (χ1n) is 5.63. The molecule has 0 heterocycles. The Morgan fingerprint density at radius 2 is 1.44 bits per heavy atom. The predicted molar refractivity (Wildman–Crippen MR) is 65.7 cm³/mol. The van der Waals surface area contributed by atoms with Crippen LogP contribution in [0, 0.1) is 6.92 Å². The molecule has 0 aromatic heterocycles. The minimum absolute atomic E-state index is 0.